The van der Waals surface area contributed by atoms with E-state index >= 15 is 0 Å². The van der Waals surface area contributed by atoms with Crippen LogP contribution in [-0.4, -0.2) is 44.2 Å². The van der Waals surface area contributed by atoms with Crippen molar-refractivity contribution in [3.05, 3.63) is 71.8 Å². The molecule has 31 heavy (non-hydrogen) atoms. The molecule has 0 N–H and O–H groups in total. The second-order valence-electron chi connectivity index (χ2n) is 7.45. The van der Waals surface area contributed by atoms with Crippen LogP contribution in [-0.2, 0) is 0 Å². The highest BCUT2D eigenvalue weighted by Crippen LogP contribution is 2.47. The molecule has 2 heterocycles. The fourth-order valence-electron chi connectivity index (χ4n) is 4.11. The lowest BCUT2D eigenvalue weighted by Crippen LogP contribution is -2.52. The summed E-state index contributed by atoms with van der Waals surface area (Å²) in [6, 6.07) is 20.8. The van der Waals surface area contributed by atoms with Crippen LogP contribution in [0.1, 0.15) is 0 Å². The van der Waals surface area contributed by atoms with Gasteiger partial charge in [0.2, 0.25) is 0 Å². The van der Waals surface area contributed by atoms with Crippen molar-refractivity contribution >= 4 is 34.7 Å². The van der Waals surface area contributed by atoms with Gasteiger partial charge in [-0.25, -0.2) is 4.79 Å². The average Bonchev–Trinajstić information content (AvgIpc) is 2.82. The average molecular weight is 436 g/mol. The van der Waals surface area contributed by atoms with Gasteiger partial charge in [-0.15, -0.1) is 0 Å². The molecule has 0 unspecified atom stereocenters. The number of hydrogen-bond acceptors (Lipinski definition) is 4. The van der Waals surface area contributed by atoms with Crippen LogP contribution in [0.3, 0.4) is 0 Å². The lowest BCUT2D eigenvalue weighted by molar-refractivity contribution is 0.203. The highest BCUT2D eigenvalue weighted by Gasteiger charge is 2.34. The van der Waals surface area contributed by atoms with E-state index in [4.69, 9.17) is 21.1 Å². The van der Waals surface area contributed by atoms with E-state index in [1.54, 1.807) is 30.2 Å². The Balaban J connectivity index is 1.41. The normalized spacial score (nSPS) is 15.1. The maximum Gasteiger partial charge on any atom is 0.329 e. The summed E-state index contributed by atoms with van der Waals surface area (Å²) >= 11 is 6.25. The molecular formula is C24H22ClN3O3. The lowest BCUT2D eigenvalue weighted by Gasteiger charge is -2.40. The number of piperazine rings is 1. The summed E-state index contributed by atoms with van der Waals surface area (Å²) in [5.41, 5.74) is 2.42. The molecule has 3 aromatic rings. The Labute approximate surface area is 186 Å². The predicted molar refractivity (Wildman–Crippen MR) is 122 cm³/mol. The summed E-state index contributed by atoms with van der Waals surface area (Å²) in [4.78, 5) is 19.5. The van der Waals surface area contributed by atoms with Gasteiger partial charge in [0.05, 0.1) is 24.2 Å². The molecule has 0 aliphatic carbocycles. The summed E-state index contributed by atoms with van der Waals surface area (Å²) < 4.78 is 11.5. The second-order valence-corrected chi connectivity index (χ2v) is 7.88. The van der Waals surface area contributed by atoms with Gasteiger partial charge in [0.15, 0.2) is 11.5 Å². The zero-order chi connectivity index (χ0) is 21.4. The molecule has 0 atom stereocenters. The Hall–Kier alpha value is -3.38. The van der Waals surface area contributed by atoms with E-state index in [0.717, 1.165) is 30.2 Å². The molecule has 3 aromatic carbocycles. The van der Waals surface area contributed by atoms with Gasteiger partial charge in [-0.05, 0) is 42.5 Å². The molecule has 158 valence electrons. The first-order chi connectivity index (χ1) is 15.2. The number of para-hydroxylation sites is 4. The quantitative estimate of drug-likeness (QED) is 0.530. The largest absolute Gasteiger partial charge is 0.495 e. The third-order valence-electron chi connectivity index (χ3n) is 5.66. The van der Waals surface area contributed by atoms with Gasteiger partial charge in [-0.1, -0.05) is 35.9 Å². The highest BCUT2D eigenvalue weighted by atomic mass is 35.5. The minimum Gasteiger partial charge on any atom is -0.495 e. The number of carbonyl (C=O) groups is 1. The molecule has 2 aliphatic heterocycles. The van der Waals surface area contributed by atoms with Gasteiger partial charge in [0.25, 0.3) is 0 Å². The van der Waals surface area contributed by atoms with Crippen molar-refractivity contribution in [2.75, 3.05) is 43.1 Å². The molecule has 0 saturated carbocycles. The van der Waals surface area contributed by atoms with Crippen molar-refractivity contribution in [2.45, 2.75) is 0 Å². The number of fused-ring (bicyclic) bond motifs is 2. The number of anilines is 3. The van der Waals surface area contributed by atoms with Crippen LogP contribution in [0.4, 0.5) is 21.9 Å². The summed E-state index contributed by atoms with van der Waals surface area (Å²) in [6.07, 6.45) is 0. The number of rotatable bonds is 2. The van der Waals surface area contributed by atoms with Crippen LogP contribution < -0.4 is 19.3 Å². The number of amides is 2. The van der Waals surface area contributed by atoms with Gasteiger partial charge < -0.3 is 19.3 Å². The molecule has 6 nitrogen and oxygen atoms in total. The predicted octanol–water partition coefficient (Wildman–Crippen LogP) is 5.53. The third-order valence-corrected chi connectivity index (χ3v) is 5.89. The van der Waals surface area contributed by atoms with E-state index in [1.807, 2.05) is 53.4 Å². The maximum absolute atomic E-state index is 13.7. The van der Waals surface area contributed by atoms with Crippen molar-refractivity contribution in [3.63, 3.8) is 0 Å². The van der Waals surface area contributed by atoms with E-state index in [-0.39, 0.29) is 6.03 Å². The molecule has 0 spiro atoms. The Morgan fingerprint density at radius 2 is 1.55 bits per heavy atom. The minimum atomic E-state index is -0.0843. The summed E-state index contributed by atoms with van der Waals surface area (Å²) in [7, 11) is 1.68. The fraction of sp³-hybridized carbons (Fsp3) is 0.208. The monoisotopic (exact) mass is 435 g/mol. The fourth-order valence-corrected chi connectivity index (χ4v) is 4.27. The first-order valence-corrected chi connectivity index (χ1v) is 10.6. The zero-order valence-electron chi connectivity index (χ0n) is 17.1. The van der Waals surface area contributed by atoms with Crippen molar-refractivity contribution < 1.29 is 14.3 Å². The Kier molecular flexibility index (Phi) is 5.08. The van der Waals surface area contributed by atoms with Gasteiger partial charge in [0, 0.05) is 31.2 Å². The van der Waals surface area contributed by atoms with Crippen molar-refractivity contribution in [3.8, 4) is 17.2 Å². The number of carbonyl (C=O) groups excluding carboxylic acids is 1. The summed E-state index contributed by atoms with van der Waals surface area (Å²) in [6.45, 7) is 2.65. The van der Waals surface area contributed by atoms with E-state index < -0.39 is 0 Å². The van der Waals surface area contributed by atoms with Crippen LogP contribution in [0.15, 0.2) is 66.7 Å². The van der Waals surface area contributed by atoms with Gasteiger partial charge in [-0.2, -0.15) is 0 Å². The molecule has 0 bridgehead atoms. The molecule has 2 amide bonds. The SMILES string of the molecule is COc1ccccc1N1CCN(C(=O)N2c3ccccc3Oc3ccc(Cl)cc32)CC1. The van der Waals surface area contributed by atoms with Crippen molar-refractivity contribution in [2.24, 2.45) is 0 Å². The Morgan fingerprint density at radius 3 is 2.32 bits per heavy atom. The number of urea groups is 1. The standard InChI is InChI=1S/C24H22ClN3O3/c1-30-21-8-4-2-6-18(21)26-12-14-27(15-13-26)24(29)28-19-7-3-5-9-22(19)31-23-11-10-17(25)16-20(23)28/h2-11,16H,12-15H2,1H3. The highest BCUT2D eigenvalue weighted by molar-refractivity contribution is 6.31. The van der Waals surface area contributed by atoms with Crippen LogP contribution in [0.2, 0.25) is 5.02 Å². The summed E-state index contributed by atoms with van der Waals surface area (Å²) in [5.74, 6) is 2.11. The van der Waals surface area contributed by atoms with Crippen LogP contribution >= 0.6 is 11.6 Å². The van der Waals surface area contributed by atoms with Gasteiger partial charge in [0.1, 0.15) is 5.75 Å². The number of methoxy groups -OCH3 is 1. The minimum absolute atomic E-state index is 0.0843. The molecule has 1 saturated heterocycles. The smallest absolute Gasteiger partial charge is 0.329 e. The van der Waals surface area contributed by atoms with E-state index in [9.17, 15) is 4.79 Å². The van der Waals surface area contributed by atoms with Gasteiger partial charge in [-0.3, -0.25) is 4.90 Å². The van der Waals surface area contributed by atoms with Crippen molar-refractivity contribution in [1.29, 1.82) is 0 Å². The molecule has 1 fully saturated rings. The summed E-state index contributed by atoms with van der Waals surface area (Å²) in [5, 5.41) is 0.556. The third kappa shape index (κ3) is 3.53. The first kappa shape index (κ1) is 19.6. The van der Waals surface area contributed by atoms with Crippen LogP contribution in [0.5, 0.6) is 17.2 Å². The van der Waals surface area contributed by atoms with E-state index in [0.29, 0.717) is 35.3 Å². The number of halogens is 1. The Morgan fingerprint density at radius 1 is 0.871 bits per heavy atom. The molecule has 5 rings (SSSR count). The maximum atomic E-state index is 13.7. The second kappa shape index (κ2) is 8.04. The van der Waals surface area contributed by atoms with Gasteiger partial charge >= 0.3 is 6.03 Å². The number of nitrogens with zero attached hydrogens (tertiary/aromatic N) is 3. The topological polar surface area (TPSA) is 45.2 Å². The van der Waals surface area contributed by atoms with Crippen LogP contribution in [0, 0.1) is 0 Å². The number of benzene rings is 3. The Bertz CT molecular complexity index is 1130. The number of hydrogen-bond donors (Lipinski definition) is 0. The van der Waals surface area contributed by atoms with Crippen LogP contribution in [0.25, 0.3) is 0 Å². The molecule has 0 radical (unpaired) electrons. The van der Waals surface area contributed by atoms with E-state index in [1.165, 1.54) is 0 Å². The number of ether oxygens (including phenoxy) is 2. The van der Waals surface area contributed by atoms with Crippen molar-refractivity contribution in [1.82, 2.24) is 4.90 Å². The first-order valence-electron chi connectivity index (χ1n) is 10.2. The van der Waals surface area contributed by atoms with E-state index in [2.05, 4.69) is 4.90 Å². The lowest BCUT2D eigenvalue weighted by atomic mass is 10.1. The molecule has 0 aromatic heterocycles. The zero-order valence-corrected chi connectivity index (χ0v) is 17.9. The molecule has 2 aliphatic rings. The molecule has 7 heteroatoms. The molecular weight excluding hydrogens is 414 g/mol.